The minimum Gasteiger partial charge on any atom is -0.478 e. The third-order valence-electron chi connectivity index (χ3n) is 3.79. The summed E-state index contributed by atoms with van der Waals surface area (Å²) in [4.78, 5) is 25.4. The van der Waals surface area contributed by atoms with Crippen LogP contribution in [-0.2, 0) is 13.0 Å². The van der Waals surface area contributed by atoms with Gasteiger partial charge < -0.3 is 10.0 Å². The van der Waals surface area contributed by atoms with Crippen LogP contribution in [0.15, 0.2) is 46.9 Å². The van der Waals surface area contributed by atoms with Crippen molar-refractivity contribution in [3.8, 4) is 0 Å². The van der Waals surface area contributed by atoms with Crippen LogP contribution in [0.3, 0.4) is 0 Å². The molecule has 4 nitrogen and oxygen atoms in total. The monoisotopic (exact) mass is 359 g/mol. The van der Waals surface area contributed by atoms with Gasteiger partial charge in [-0.2, -0.15) is 0 Å². The summed E-state index contributed by atoms with van der Waals surface area (Å²) in [6, 6.07) is 12.5. The molecule has 1 N–H and O–H groups in total. The van der Waals surface area contributed by atoms with Crippen LogP contribution in [0.1, 0.15) is 31.8 Å². The van der Waals surface area contributed by atoms with Crippen LogP contribution in [0, 0.1) is 0 Å². The quantitative estimate of drug-likeness (QED) is 0.913. The summed E-state index contributed by atoms with van der Waals surface area (Å²) >= 11 is 3.39. The zero-order chi connectivity index (χ0) is 15.7. The maximum atomic E-state index is 12.6. The smallest absolute Gasteiger partial charge is 0.335 e. The summed E-state index contributed by atoms with van der Waals surface area (Å²) in [6.07, 6.45) is 0.812. The molecule has 0 unspecified atom stereocenters. The molecule has 22 heavy (non-hydrogen) atoms. The minimum atomic E-state index is -0.957. The number of hydrogen-bond acceptors (Lipinski definition) is 2. The maximum absolute atomic E-state index is 12.6. The molecule has 2 aromatic carbocycles. The molecule has 1 heterocycles. The number of carbonyl (C=O) groups excluding carboxylic acids is 1. The van der Waals surface area contributed by atoms with Gasteiger partial charge in [0.2, 0.25) is 0 Å². The molecule has 1 aliphatic rings. The first-order chi connectivity index (χ1) is 10.5. The van der Waals surface area contributed by atoms with Gasteiger partial charge in [-0.25, -0.2) is 4.79 Å². The predicted octanol–water partition coefficient (Wildman–Crippen LogP) is 3.35. The Kier molecular flexibility index (Phi) is 3.98. The summed E-state index contributed by atoms with van der Waals surface area (Å²) in [5.74, 6) is -0.968. The van der Waals surface area contributed by atoms with Gasteiger partial charge in [-0.3, -0.25) is 4.79 Å². The maximum Gasteiger partial charge on any atom is 0.335 e. The van der Waals surface area contributed by atoms with Gasteiger partial charge in [-0.1, -0.05) is 34.1 Å². The van der Waals surface area contributed by atoms with Crippen molar-refractivity contribution in [2.24, 2.45) is 0 Å². The number of halogens is 1. The van der Waals surface area contributed by atoms with Crippen molar-refractivity contribution in [3.05, 3.63) is 69.2 Å². The van der Waals surface area contributed by atoms with E-state index in [0.717, 1.165) is 27.6 Å². The Morgan fingerprint density at radius 1 is 1.23 bits per heavy atom. The fraction of sp³-hybridized carbons (Fsp3) is 0.176. The number of nitrogens with zero attached hydrogens (tertiary/aromatic N) is 1. The Morgan fingerprint density at radius 3 is 2.82 bits per heavy atom. The largest absolute Gasteiger partial charge is 0.478 e. The lowest BCUT2D eigenvalue weighted by molar-refractivity contribution is 0.0696. The molecular formula is C17H14BrNO3. The van der Waals surface area contributed by atoms with Crippen molar-refractivity contribution in [1.29, 1.82) is 0 Å². The van der Waals surface area contributed by atoms with Crippen LogP contribution in [0.5, 0.6) is 0 Å². The molecule has 1 aliphatic heterocycles. The van der Waals surface area contributed by atoms with Crippen molar-refractivity contribution in [2.75, 3.05) is 6.54 Å². The fourth-order valence-electron chi connectivity index (χ4n) is 2.67. The van der Waals surface area contributed by atoms with Gasteiger partial charge >= 0.3 is 5.97 Å². The Morgan fingerprint density at radius 2 is 2.05 bits per heavy atom. The van der Waals surface area contributed by atoms with Gasteiger partial charge in [-0.15, -0.1) is 0 Å². The second kappa shape index (κ2) is 5.93. The third-order valence-corrected chi connectivity index (χ3v) is 4.28. The van der Waals surface area contributed by atoms with Gasteiger partial charge in [0.1, 0.15) is 0 Å². The Balaban J connectivity index is 1.84. The molecule has 0 saturated heterocycles. The Hall–Kier alpha value is -2.14. The van der Waals surface area contributed by atoms with Crippen LogP contribution in [0.25, 0.3) is 0 Å². The van der Waals surface area contributed by atoms with E-state index in [2.05, 4.69) is 15.9 Å². The fourth-order valence-corrected chi connectivity index (χ4v) is 3.03. The first kappa shape index (κ1) is 14.8. The SMILES string of the molecule is O=C(O)c1cccc(CN2CCc3ccc(Br)cc3C2=O)c1. The number of carboxylic acids is 1. The van der Waals surface area contributed by atoms with Crippen LogP contribution in [0.4, 0.5) is 0 Å². The number of rotatable bonds is 3. The van der Waals surface area contributed by atoms with Gasteiger partial charge in [0.25, 0.3) is 5.91 Å². The molecule has 5 heteroatoms. The number of hydrogen-bond donors (Lipinski definition) is 1. The number of aromatic carboxylic acids is 1. The van der Waals surface area contributed by atoms with E-state index in [1.54, 1.807) is 23.1 Å². The summed E-state index contributed by atoms with van der Waals surface area (Å²) in [6.45, 7) is 1.07. The lowest BCUT2D eigenvalue weighted by atomic mass is 9.98. The molecule has 0 aliphatic carbocycles. The topological polar surface area (TPSA) is 57.6 Å². The standard InChI is InChI=1S/C17H14BrNO3/c18-14-5-4-12-6-7-19(16(20)15(12)9-14)10-11-2-1-3-13(8-11)17(21)22/h1-5,8-9H,6-7,10H2,(H,21,22). The lowest BCUT2D eigenvalue weighted by Crippen LogP contribution is -2.37. The second-order valence-electron chi connectivity index (χ2n) is 5.28. The second-order valence-corrected chi connectivity index (χ2v) is 6.20. The average molecular weight is 360 g/mol. The average Bonchev–Trinajstić information content (AvgIpc) is 2.51. The van der Waals surface area contributed by atoms with Crippen LogP contribution in [0.2, 0.25) is 0 Å². The van der Waals surface area contributed by atoms with Crippen molar-refractivity contribution < 1.29 is 14.7 Å². The molecule has 0 bridgehead atoms. The summed E-state index contributed by atoms with van der Waals surface area (Å²) < 4.78 is 0.884. The van der Waals surface area contributed by atoms with E-state index in [1.165, 1.54) is 0 Å². The highest BCUT2D eigenvalue weighted by molar-refractivity contribution is 9.10. The van der Waals surface area contributed by atoms with E-state index < -0.39 is 5.97 Å². The van der Waals surface area contributed by atoms with E-state index in [4.69, 9.17) is 5.11 Å². The van der Waals surface area contributed by atoms with Crippen molar-refractivity contribution in [1.82, 2.24) is 4.90 Å². The third kappa shape index (κ3) is 2.90. The zero-order valence-corrected chi connectivity index (χ0v) is 13.3. The molecule has 3 rings (SSSR count). The number of fused-ring (bicyclic) bond motifs is 1. The van der Waals surface area contributed by atoms with Crippen molar-refractivity contribution >= 4 is 27.8 Å². The zero-order valence-electron chi connectivity index (χ0n) is 11.8. The molecule has 2 aromatic rings. The van der Waals surface area contributed by atoms with Gasteiger partial charge in [0.05, 0.1) is 5.56 Å². The number of carboxylic acid groups (broad SMARTS) is 1. The molecular weight excluding hydrogens is 346 g/mol. The Labute approximate surface area is 136 Å². The molecule has 0 radical (unpaired) electrons. The van der Waals surface area contributed by atoms with E-state index in [9.17, 15) is 9.59 Å². The highest BCUT2D eigenvalue weighted by atomic mass is 79.9. The number of benzene rings is 2. The summed E-state index contributed by atoms with van der Waals surface area (Å²) in [5, 5.41) is 9.04. The van der Waals surface area contributed by atoms with Gasteiger partial charge in [-0.05, 0) is 41.8 Å². The van der Waals surface area contributed by atoms with Crippen LogP contribution >= 0.6 is 15.9 Å². The first-order valence-corrected chi connectivity index (χ1v) is 7.74. The van der Waals surface area contributed by atoms with Crippen molar-refractivity contribution in [2.45, 2.75) is 13.0 Å². The molecule has 0 saturated carbocycles. The summed E-state index contributed by atoms with van der Waals surface area (Å²) in [7, 11) is 0. The molecule has 0 aromatic heterocycles. The summed E-state index contributed by atoms with van der Waals surface area (Å²) in [5.41, 5.74) is 2.84. The molecule has 1 amide bonds. The van der Waals surface area contributed by atoms with E-state index in [-0.39, 0.29) is 11.5 Å². The first-order valence-electron chi connectivity index (χ1n) is 6.94. The molecule has 0 atom stereocenters. The van der Waals surface area contributed by atoms with Crippen LogP contribution < -0.4 is 0 Å². The van der Waals surface area contributed by atoms with Crippen molar-refractivity contribution in [3.63, 3.8) is 0 Å². The van der Waals surface area contributed by atoms with Gasteiger partial charge in [0.15, 0.2) is 0 Å². The van der Waals surface area contributed by atoms with E-state index in [1.807, 2.05) is 24.3 Å². The number of carbonyl (C=O) groups is 2. The normalized spacial score (nSPS) is 13.9. The highest BCUT2D eigenvalue weighted by Crippen LogP contribution is 2.24. The number of amides is 1. The molecule has 0 fully saturated rings. The highest BCUT2D eigenvalue weighted by Gasteiger charge is 2.24. The molecule has 0 spiro atoms. The Bertz CT molecular complexity index is 757. The lowest BCUT2D eigenvalue weighted by Gasteiger charge is -2.29. The molecule has 112 valence electrons. The van der Waals surface area contributed by atoms with E-state index in [0.29, 0.717) is 13.1 Å². The van der Waals surface area contributed by atoms with E-state index >= 15 is 0 Å². The van der Waals surface area contributed by atoms with Gasteiger partial charge in [0, 0.05) is 23.1 Å². The minimum absolute atomic E-state index is 0.0109. The van der Waals surface area contributed by atoms with Crippen LogP contribution in [-0.4, -0.2) is 28.4 Å². The predicted molar refractivity (Wildman–Crippen MR) is 86.0 cm³/mol.